The number of benzene rings is 1. The number of carbonyl (C=O) groups is 1. The second kappa shape index (κ2) is 5.40. The summed E-state index contributed by atoms with van der Waals surface area (Å²) in [5.74, 6) is -1.67. The smallest absolute Gasteiger partial charge is 0.177 e. The Balaban J connectivity index is 2.87. The molecular weight excluding hydrogens is 243 g/mol. The Hall–Kier alpha value is -1.23. The van der Waals surface area contributed by atoms with Gasteiger partial charge in [0.25, 0.3) is 0 Å². The summed E-state index contributed by atoms with van der Waals surface area (Å²) >= 11 is 0. The van der Waals surface area contributed by atoms with E-state index in [0.29, 0.717) is 6.42 Å². The highest BCUT2D eigenvalue weighted by Gasteiger charge is 2.23. The molecule has 0 heterocycles. The van der Waals surface area contributed by atoms with E-state index in [1.165, 1.54) is 18.2 Å². The molecular formula is C12H15FO3S. The zero-order valence-electron chi connectivity index (χ0n) is 9.81. The quantitative estimate of drug-likeness (QED) is 0.761. The van der Waals surface area contributed by atoms with Gasteiger partial charge < -0.3 is 0 Å². The number of halogens is 1. The summed E-state index contributed by atoms with van der Waals surface area (Å²) in [6, 6.07) is 5.06. The average Bonchev–Trinajstić information content (AvgIpc) is 2.27. The van der Waals surface area contributed by atoms with E-state index in [9.17, 15) is 17.6 Å². The van der Waals surface area contributed by atoms with Crippen molar-refractivity contribution >= 4 is 15.6 Å². The molecule has 0 aromatic heterocycles. The topological polar surface area (TPSA) is 51.2 Å². The van der Waals surface area contributed by atoms with Crippen LogP contribution >= 0.6 is 0 Å². The molecule has 0 amide bonds. The number of hydrogen-bond acceptors (Lipinski definition) is 3. The molecule has 0 aliphatic carbocycles. The van der Waals surface area contributed by atoms with Crippen LogP contribution in [0.4, 0.5) is 4.39 Å². The lowest BCUT2D eigenvalue weighted by Crippen LogP contribution is -2.25. The Kier molecular flexibility index (Phi) is 4.40. The normalized spacial score (nSPS) is 13.4. The molecule has 0 spiro atoms. The van der Waals surface area contributed by atoms with Gasteiger partial charge in [-0.1, -0.05) is 19.1 Å². The van der Waals surface area contributed by atoms with Crippen LogP contribution in [0.25, 0.3) is 0 Å². The minimum Gasteiger partial charge on any atom is -0.293 e. The molecule has 0 radical (unpaired) electrons. The molecule has 17 heavy (non-hydrogen) atoms. The summed E-state index contributed by atoms with van der Waals surface area (Å²) in [6.45, 7) is 3.31. The zero-order chi connectivity index (χ0) is 13.1. The zero-order valence-corrected chi connectivity index (χ0v) is 10.6. The number of Topliss-reactive ketones (excluding diaryl/α,β-unsaturated/α-hetero) is 1. The van der Waals surface area contributed by atoms with Crippen molar-refractivity contribution in [2.75, 3.05) is 5.75 Å². The highest BCUT2D eigenvalue weighted by atomic mass is 32.2. The van der Waals surface area contributed by atoms with E-state index in [2.05, 4.69) is 0 Å². The van der Waals surface area contributed by atoms with Crippen LogP contribution in [0.2, 0.25) is 0 Å². The van der Waals surface area contributed by atoms with Crippen molar-refractivity contribution in [1.29, 1.82) is 0 Å². The fraction of sp³-hybridized carbons (Fsp3) is 0.417. The summed E-state index contributed by atoms with van der Waals surface area (Å²) in [4.78, 5) is 11.7. The molecule has 5 heteroatoms. The lowest BCUT2D eigenvalue weighted by molar-refractivity contribution is 0.102. The Morgan fingerprint density at radius 2 is 2.06 bits per heavy atom. The minimum atomic E-state index is -3.44. The number of sulfone groups is 1. The van der Waals surface area contributed by atoms with Crippen LogP contribution in [0.5, 0.6) is 0 Å². The SMILES string of the molecule is CCC(C)S(=O)(=O)CC(=O)c1cccc(F)c1. The summed E-state index contributed by atoms with van der Waals surface area (Å²) < 4.78 is 36.3. The minimum absolute atomic E-state index is 0.0943. The number of ketones is 1. The fourth-order valence-corrected chi connectivity index (χ4v) is 2.65. The van der Waals surface area contributed by atoms with Crippen molar-refractivity contribution in [3.8, 4) is 0 Å². The van der Waals surface area contributed by atoms with Gasteiger partial charge in [-0.05, 0) is 25.5 Å². The maximum atomic E-state index is 12.9. The van der Waals surface area contributed by atoms with Gasteiger partial charge in [-0.3, -0.25) is 4.79 Å². The first kappa shape index (κ1) is 13.8. The van der Waals surface area contributed by atoms with Crippen molar-refractivity contribution in [3.05, 3.63) is 35.6 Å². The van der Waals surface area contributed by atoms with Gasteiger partial charge in [-0.2, -0.15) is 0 Å². The largest absolute Gasteiger partial charge is 0.293 e. The molecule has 1 aromatic carbocycles. The van der Waals surface area contributed by atoms with Crippen LogP contribution < -0.4 is 0 Å². The maximum Gasteiger partial charge on any atom is 0.177 e. The summed E-state index contributed by atoms with van der Waals surface area (Å²) in [6.07, 6.45) is 0.457. The second-order valence-electron chi connectivity index (χ2n) is 3.96. The van der Waals surface area contributed by atoms with Crippen molar-refractivity contribution in [1.82, 2.24) is 0 Å². The third-order valence-electron chi connectivity index (χ3n) is 2.67. The number of hydrogen-bond donors (Lipinski definition) is 0. The fourth-order valence-electron chi connectivity index (χ4n) is 1.32. The van der Waals surface area contributed by atoms with Crippen molar-refractivity contribution in [2.45, 2.75) is 25.5 Å². The number of carbonyl (C=O) groups excluding carboxylic acids is 1. The Morgan fingerprint density at radius 1 is 1.41 bits per heavy atom. The van der Waals surface area contributed by atoms with Crippen LogP contribution in [0.15, 0.2) is 24.3 Å². The molecule has 1 unspecified atom stereocenters. The molecule has 0 aliphatic heterocycles. The van der Waals surface area contributed by atoms with E-state index in [1.54, 1.807) is 13.8 Å². The predicted octanol–water partition coefficient (Wildman–Crippen LogP) is 2.22. The first-order valence-corrected chi connectivity index (χ1v) is 7.08. The lowest BCUT2D eigenvalue weighted by atomic mass is 10.1. The van der Waals surface area contributed by atoms with Crippen molar-refractivity contribution in [3.63, 3.8) is 0 Å². The molecule has 0 saturated carbocycles. The van der Waals surface area contributed by atoms with E-state index < -0.39 is 32.4 Å². The molecule has 0 fully saturated rings. The van der Waals surface area contributed by atoms with Gasteiger partial charge in [0.05, 0.1) is 5.25 Å². The van der Waals surface area contributed by atoms with Gasteiger partial charge in [-0.25, -0.2) is 12.8 Å². The van der Waals surface area contributed by atoms with Gasteiger partial charge in [-0.15, -0.1) is 0 Å². The molecule has 3 nitrogen and oxygen atoms in total. The molecule has 0 bridgehead atoms. The van der Waals surface area contributed by atoms with Gasteiger partial charge >= 0.3 is 0 Å². The lowest BCUT2D eigenvalue weighted by Gasteiger charge is -2.09. The molecule has 0 N–H and O–H groups in total. The van der Waals surface area contributed by atoms with Crippen LogP contribution in [0, 0.1) is 5.82 Å². The van der Waals surface area contributed by atoms with E-state index in [4.69, 9.17) is 0 Å². The maximum absolute atomic E-state index is 12.9. The first-order valence-electron chi connectivity index (χ1n) is 5.37. The van der Waals surface area contributed by atoms with E-state index in [0.717, 1.165) is 6.07 Å². The standard InChI is InChI=1S/C12H15FO3S/c1-3-9(2)17(15,16)8-12(14)10-5-4-6-11(13)7-10/h4-7,9H,3,8H2,1-2H3. The molecule has 1 atom stereocenters. The summed E-state index contributed by atoms with van der Waals surface area (Å²) in [5.41, 5.74) is 0.0943. The molecule has 1 rings (SSSR count). The molecule has 1 aromatic rings. The van der Waals surface area contributed by atoms with Gasteiger partial charge in [0, 0.05) is 5.56 Å². The van der Waals surface area contributed by atoms with Crippen LogP contribution in [-0.2, 0) is 9.84 Å². The van der Waals surface area contributed by atoms with Gasteiger partial charge in [0.1, 0.15) is 11.6 Å². The average molecular weight is 258 g/mol. The monoisotopic (exact) mass is 258 g/mol. The van der Waals surface area contributed by atoms with E-state index >= 15 is 0 Å². The Labute approximate surface area is 101 Å². The highest BCUT2D eigenvalue weighted by Crippen LogP contribution is 2.10. The highest BCUT2D eigenvalue weighted by molar-refractivity contribution is 7.92. The first-order chi connectivity index (χ1) is 7.86. The van der Waals surface area contributed by atoms with Crippen LogP contribution in [0.3, 0.4) is 0 Å². The van der Waals surface area contributed by atoms with E-state index in [1.807, 2.05) is 0 Å². The van der Waals surface area contributed by atoms with Crippen molar-refractivity contribution in [2.24, 2.45) is 0 Å². The molecule has 0 aliphatic rings. The third-order valence-corrected chi connectivity index (χ3v) is 4.89. The van der Waals surface area contributed by atoms with Crippen molar-refractivity contribution < 1.29 is 17.6 Å². The molecule has 94 valence electrons. The van der Waals surface area contributed by atoms with Gasteiger partial charge in [0.2, 0.25) is 0 Å². The second-order valence-corrected chi connectivity index (χ2v) is 6.38. The third kappa shape index (κ3) is 3.63. The summed E-state index contributed by atoms with van der Waals surface area (Å²) in [7, 11) is -3.44. The van der Waals surface area contributed by atoms with Crippen LogP contribution in [-0.4, -0.2) is 25.2 Å². The van der Waals surface area contributed by atoms with Crippen LogP contribution in [0.1, 0.15) is 30.6 Å². The molecule has 0 saturated heterocycles. The number of rotatable bonds is 5. The Bertz CT molecular complexity index is 508. The predicted molar refractivity (Wildman–Crippen MR) is 64.3 cm³/mol. The van der Waals surface area contributed by atoms with E-state index in [-0.39, 0.29) is 5.56 Å². The summed E-state index contributed by atoms with van der Waals surface area (Å²) in [5, 5.41) is -0.556. The van der Waals surface area contributed by atoms with Gasteiger partial charge in [0.15, 0.2) is 15.6 Å². The Morgan fingerprint density at radius 3 is 2.59 bits per heavy atom.